The SMILES string of the molecule is CCCc1cc(C(CC)C(C)NCC)ncn1. The van der Waals surface area contributed by atoms with Crippen LogP contribution in [-0.2, 0) is 6.42 Å². The maximum Gasteiger partial charge on any atom is 0.115 e. The van der Waals surface area contributed by atoms with Gasteiger partial charge >= 0.3 is 0 Å². The van der Waals surface area contributed by atoms with Gasteiger partial charge in [0.25, 0.3) is 0 Å². The summed E-state index contributed by atoms with van der Waals surface area (Å²) in [4.78, 5) is 8.76. The number of nitrogens with one attached hydrogen (secondary N) is 1. The highest BCUT2D eigenvalue weighted by atomic mass is 14.9. The number of hydrogen-bond donors (Lipinski definition) is 1. The number of aryl methyl sites for hydroxylation is 1. The fraction of sp³-hybridized carbons (Fsp3) is 0.714. The number of aromatic nitrogens is 2. The quantitative estimate of drug-likeness (QED) is 0.789. The highest BCUT2D eigenvalue weighted by molar-refractivity contribution is 5.14. The van der Waals surface area contributed by atoms with E-state index in [9.17, 15) is 0 Å². The first-order chi connectivity index (χ1) is 8.22. The van der Waals surface area contributed by atoms with Gasteiger partial charge in [0.2, 0.25) is 0 Å². The van der Waals surface area contributed by atoms with Gasteiger partial charge in [0.1, 0.15) is 6.33 Å². The molecule has 0 saturated heterocycles. The first-order valence-corrected chi connectivity index (χ1v) is 6.77. The molecule has 0 aliphatic heterocycles. The van der Waals surface area contributed by atoms with Crippen molar-refractivity contribution in [3.8, 4) is 0 Å². The van der Waals surface area contributed by atoms with Gasteiger partial charge in [0.05, 0.1) is 0 Å². The maximum absolute atomic E-state index is 4.45. The van der Waals surface area contributed by atoms with Crippen molar-refractivity contribution in [1.29, 1.82) is 0 Å². The Morgan fingerprint density at radius 1 is 1.24 bits per heavy atom. The lowest BCUT2D eigenvalue weighted by Crippen LogP contribution is -2.32. The van der Waals surface area contributed by atoms with Crippen LogP contribution < -0.4 is 5.32 Å². The van der Waals surface area contributed by atoms with Gasteiger partial charge < -0.3 is 5.32 Å². The van der Waals surface area contributed by atoms with Gasteiger partial charge in [-0.05, 0) is 32.4 Å². The standard InChI is InChI=1S/C14H25N3/c1-5-8-12-9-14(17-10-16-12)13(6-2)11(4)15-7-3/h9-11,13,15H,5-8H2,1-4H3. The molecule has 0 saturated carbocycles. The van der Waals surface area contributed by atoms with E-state index in [4.69, 9.17) is 0 Å². The smallest absolute Gasteiger partial charge is 0.115 e. The van der Waals surface area contributed by atoms with Gasteiger partial charge in [-0.3, -0.25) is 0 Å². The fourth-order valence-electron chi connectivity index (χ4n) is 2.29. The average molecular weight is 235 g/mol. The molecule has 96 valence electrons. The molecule has 0 radical (unpaired) electrons. The minimum Gasteiger partial charge on any atom is -0.314 e. The third kappa shape index (κ3) is 4.08. The molecule has 0 spiro atoms. The maximum atomic E-state index is 4.45. The van der Waals surface area contributed by atoms with Crippen LogP contribution in [0.4, 0.5) is 0 Å². The van der Waals surface area contributed by atoms with Crippen LogP contribution >= 0.6 is 0 Å². The van der Waals surface area contributed by atoms with Crippen LogP contribution in [0.5, 0.6) is 0 Å². The first-order valence-electron chi connectivity index (χ1n) is 6.77. The normalized spacial score (nSPS) is 14.6. The monoisotopic (exact) mass is 235 g/mol. The minimum atomic E-state index is 0.467. The molecule has 3 nitrogen and oxygen atoms in total. The Bertz CT molecular complexity index is 325. The van der Waals surface area contributed by atoms with Crippen molar-refractivity contribution in [3.05, 3.63) is 23.8 Å². The summed E-state index contributed by atoms with van der Waals surface area (Å²) in [6, 6.07) is 2.64. The molecule has 17 heavy (non-hydrogen) atoms. The molecule has 1 heterocycles. The van der Waals surface area contributed by atoms with Crippen molar-refractivity contribution in [2.24, 2.45) is 0 Å². The Morgan fingerprint density at radius 2 is 2.00 bits per heavy atom. The summed E-state index contributed by atoms with van der Waals surface area (Å²) < 4.78 is 0. The Kier molecular flexibility index (Phi) is 6.12. The molecule has 0 bridgehead atoms. The molecular weight excluding hydrogens is 210 g/mol. The molecule has 0 aliphatic carbocycles. The molecule has 0 aliphatic rings. The van der Waals surface area contributed by atoms with E-state index in [1.807, 2.05) is 0 Å². The van der Waals surface area contributed by atoms with Crippen LogP contribution in [0.15, 0.2) is 12.4 Å². The molecule has 1 aromatic rings. The zero-order chi connectivity index (χ0) is 12.7. The Morgan fingerprint density at radius 3 is 2.59 bits per heavy atom. The Hall–Kier alpha value is -0.960. The predicted octanol–water partition coefficient (Wildman–Crippen LogP) is 2.92. The van der Waals surface area contributed by atoms with Gasteiger partial charge in [-0.1, -0.05) is 27.2 Å². The van der Waals surface area contributed by atoms with Crippen LogP contribution in [0.2, 0.25) is 0 Å². The van der Waals surface area contributed by atoms with E-state index in [2.05, 4.69) is 49.0 Å². The number of nitrogens with zero attached hydrogens (tertiary/aromatic N) is 2. The summed E-state index contributed by atoms with van der Waals surface area (Å²) in [6.07, 6.45) is 5.00. The molecule has 2 unspecified atom stereocenters. The second-order valence-corrected chi connectivity index (χ2v) is 4.55. The van der Waals surface area contributed by atoms with Crippen molar-refractivity contribution in [2.45, 2.75) is 58.9 Å². The lowest BCUT2D eigenvalue weighted by molar-refractivity contribution is 0.451. The van der Waals surface area contributed by atoms with Gasteiger partial charge in [-0.2, -0.15) is 0 Å². The topological polar surface area (TPSA) is 37.8 Å². The first kappa shape index (κ1) is 14.1. The number of likely N-dealkylation sites (N-methyl/N-ethyl adjacent to an activating group) is 1. The lowest BCUT2D eigenvalue weighted by Gasteiger charge is -2.23. The molecule has 1 rings (SSSR count). The number of rotatable bonds is 7. The van der Waals surface area contributed by atoms with E-state index in [1.165, 1.54) is 11.4 Å². The van der Waals surface area contributed by atoms with E-state index in [-0.39, 0.29) is 0 Å². The molecule has 1 aromatic heterocycles. The summed E-state index contributed by atoms with van der Waals surface area (Å²) in [7, 11) is 0. The van der Waals surface area contributed by atoms with Gasteiger partial charge in [-0.25, -0.2) is 9.97 Å². The summed E-state index contributed by atoms with van der Waals surface area (Å²) in [5.74, 6) is 0.480. The van der Waals surface area contributed by atoms with Crippen LogP contribution in [0.25, 0.3) is 0 Å². The predicted molar refractivity (Wildman–Crippen MR) is 72.2 cm³/mol. The van der Waals surface area contributed by atoms with E-state index < -0.39 is 0 Å². The summed E-state index contributed by atoms with van der Waals surface area (Å²) in [5, 5.41) is 3.49. The van der Waals surface area contributed by atoms with Crippen molar-refractivity contribution < 1.29 is 0 Å². The average Bonchev–Trinajstić information content (AvgIpc) is 2.31. The van der Waals surface area contributed by atoms with Crippen molar-refractivity contribution in [1.82, 2.24) is 15.3 Å². The van der Waals surface area contributed by atoms with Gasteiger partial charge in [-0.15, -0.1) is 0 Å². The molecule has 0 amide bonds. The van der Waals surface area contributed by atoms with Crippen molar-refractivity contribution in [3.63, 3.8) is 0 Å². The molecule has 0 fully saturated rings. The molecule has 1 N–H and O–H groups in total. The van der Waals surface area contributed by atoms with Gasteiger partial charge in [0, 0.05) is 23.3 Å². The van der Waals surface area contributed by atoms with Crippen molar-refractivity contribution in [2.75, 3.05) is 6.54 Å². The fourth-order valence-corrected chi connectivity index (χ4v) is 2.29. The van der Waals surface area contributed by atoms with Crippen LogP contribution in [0.3, 0.4) is 0 Å². The zero-order valence-electron chi connectivity index (χ0n) is 11.5. The molecule has 2 atom stereocenters. The van der Waals surface area contributed by atoms with E-state index in [0.29, 0.717) is 12.0 Å². The Balaban J connectivity index is 2.83. The highest BCUT2D eigenvalue weighted by Gasteiger charge is 2.18. The zero-order valence-corrected chi connectivity index (χ0v) is 11.5. The summed E-state index contributed by atoms with van der Waals surface area (Å²) >= 11 is 0. The number of hydrogen-bond acceptors (Lipinski definition) is 3. The molecule has 0 aromatic carbocycles. The summed E-state index contributed by atoms with van der Waals surface area (Å²) in [5.41, 5.74) is 2.35. The molecular formula is C14H25N3. The largest absolute Gasteiger partial charge is 0.314 e. The second-order valence-electron chi connectivity index (χ2n) is 4.55. The van der Waals surface area contributed by atoms with Crippen molar-refractivity contribution >= 4 is 0 Å². The highest BCUT2D eigenvalue weighted by Crippen LogP contribution is 2.21. The second kappa shape index (κ2) is 7.38. The summed E-state index contributed by atoms with van der Waals surface area (Å²) in [6.45, 7) is 9.79. The third-order valence-corrected chi connectivity index (χ3v) is 3.20. The van der Waals surface area contributed by atoms with Crippen LogP contribution in [0.1, 0.15) is 57.8 Å². The third-order valence-electron chi connectivity index (χ3n) is 3.20. The van der Waals surface area contributed by atoms with Gasteiger partial charge in [0.15, 0.2) is 0 Å². The van der Waals surface area contributed by atoms with Crippen LogP contribution in [0, 0.1) is 0 Å². The van der Waals surface area contributed by atoms with Crippen LogP contribution in [-0.4, -0.2) is 22.6 Å². The van der Waals surface area contributed by atoms with E-state index in [1.54, 1.807) is 6.33 Å². The van der Waals surface area contributed by atoms with E-state index in [0.717, 1.165) is 25.8 Å². The van der Waals surface area contributed by atoms with E-state index >= 15 is 0 Å². The molecule has 3 heteroatoms. The lowest BCUT2D eigenvalue weighted by atomic mass is 9.93. The minimum absolute atomic E-state index is 0.467. The Labute approximate surface area is 105 Å².